The number of amides is 1. The highest BCUT2D eigenvalue weighted by atomic mass is 32.2. The normalized spacial score (nSPS) is 19.1. The Hall–Kier alpha value is -1.93. The molecule has 0 spiro atoms. The highest BCUT2D eigenvalue weighted by Gasteiger charge is 2.40. The molecule has 1 atom stereocenters. The number of carbonyl (C=O) groups excluding carboxylic acids is 2. The predicted octanol–water partition coefficient (Wildman–Crippen LogP) is 1.43. The van der Waals surface area contributed by atoms with Gasteiger partial charge in [0.2, 0.25) is 15.9 Å². The van der Waals surface area contributed by atoms with Crippen LogP contribution in [-0.2, 0) is 29.8 Å². The zero-order valence-electron chi connectivity index (χ0n) is 15.6. The minimum absolute atomic E-state index is 0.0975. The van der Waals surface area contributed by atoms with Crippen molar-refractivity contribution >= 4 is 21.9 Å². The lowest BCUT2D eigenvalue weighted by Crippen LogP contribution is -2.57. The highest BCUT2D eigenvalue weighted by molar-refractivity contribution is 7.89. The van der Waals surface area contributed by atoms with Gasteiger partial charge in [-0.05, 0) is 30.0 Å². The van der Waals surface area contributed by atoms with Gasteiger partial charge in [0.15, 0.2) is 0 Å². The van der Waals surface area contributed by atoms with Crippen molar-refractivity contribution in [1.29, 1.82) is 0 Å². The van der Waals surface area contributed by atoms with Crippen molar-refractivity contribution in [3.63, 3.8) is 0 Å². The third-order valence-corrected chi connectivity index (χ3v) is 6.20. The van der Waals surface area contributed by atoms with Gasteiger partial charge in [-0.3, -0.25) is 9.59 Å². The van der Waals surface area contributed by atoms with Crippen molar-refractivity contribution in [3.8, 4) is 0 Å². The van der Waals surface area contributed by atoms with Crippen LogP contribution in [0, 0.1) is 0 Å². The second-order valence-electron chi connectivity index (χ2n) is 7.21. The summed E-state index contributed by atoms with van der Waals surface area (Å²) >= 11 is 0. The molecule has 1 aliphatic heterocycles. The number of sulfonamides is 1. The maximum Gasteiger partial charge on any atom is 0.307 e. The molecule has 2 rings (SSSR count). The van der Waals surface area contributed by atoms with Gasteiger partial charge in [-0.25, -0.2) is 8.42 Å². The lowest BCUT2D eigenvalue weighted by atomic mass is 9.87. The van der Waals surface area contributed by atoms with Crippen LogP contribution in [0.2, 0.25) is 0 Å². The number of esters is 1. The first-order valence-corrected chi connectivity index (χ1v) is 10.1. The predicted molar refractivity (Wildman–Crippen MR) is 97.1 cm³/mol. The highest BCUT2D eigenvalue weighted by Crippen LogP contribution is 2.26. The van der Waals surface area contributed by atoms with Crippen LogP contribution < -0.4 is 5.32 Å². The van der Waals surface area contributed by atoms with Crippen molar-refractivity contribution in [2.75, 3.05) is 19.7 Å². The molecular formula is C18H26N2O5S. The first-order chi connectivity index (χ1) is 12.1. The van der Waals surface area contributed by atoms with Crippen molar-refractivity contribution in [2.24, 2.45) is 0 Å². The van der Waals surface area contributed by atoms with E-state index >= 15 is 0 Å². The summed E-state index contributed by atoms with van der Waals surface area (Å²) in [4.78, 5) is 24.1. The van der Waals surface area contributed by atoms with E-state index in [-0.39, 0.29) is 36.4 Å². The van der Waals surface area contributed by atoms with Crippen LogP contribution in [-0.4, -0.2) is 50.3 Å². The maximum atomic E-state index is 13.0. The fraction of sp³-hybridized carbons (Fsp3) is 0.556. The third-order valence-electron chi connectivity index (χ3n) is 4.27. The molecule has 1 aliphatic rings. The molecule has 7 nitrogen and oxygen atoms in total. The number of ether oxygens (including phenoxy) is 1. The van der Waals surface area contributed by atoms with Crippen molar-refractivity contribution in [2.45, 2.75) is 50.5 Å². The van der Waals surface area contributed by atoms with E-state index in [0.29, 0.717) is 0 Å². The molecule has 0 bridgehead atoms. The van der Waals surface area contributed by atoms with Gasteiger partial charge in [-0.15, -0.1) is 0 Å². The molecule has 1 saturated heterocycles. The number of nitrogens with one attached hydrogen (secondary N) is 1. The Morgan fingerprint density at radius 3 is 2.42 bits per heavy atom. The summed E-state index contributed by atoms with van der Waals surface area (Å²) < 4.78 is 32.0. The molecule has 144 valence electrons. The van der Waals surface area contributed by atoms with Gasteiger partial charge in [0.05, 0.1) is 17.9 Å². The van der Waals surface area contributed by atoms with Gasteiger partial charge in [-0.2, -0.15) is 4.31 Å². The first-order valence-electron chi connectivity index (χ1n) is 8.63. The Bertz CT molecular complexity index is 766. The number of hydrogen-bond acceptors (Lipinski definition) is 5. The van der Waals surface area contributed by atoms with Crippen LogP contribution in [0.3, 0.4) is 0 Å². The number of piperazine rings is 1. The third kappa shape index (κ3) is 4.42. The average Bonchev–Trinajstić information content (AvgIpc) is 2.56. The second kappa shape index (κ2) is 7.75. The van der Waals surface area contributed by atoms with Gasteiger partial charge in [0.1, 0.15) is 6.04 Å². The minimum Gasteiger partial charge on any atom is -0.466 e. The first kappa shape index (κ1) is 20.4. The van der Waals surface area contributed by atoms with Gasteiger partial charge in [0.25, 0.3) is 0 Å². The van der Waals surface area contributed by atoms with Crippen LogP contribution in [0.25, 0.3) is 0 Å². The summed E-state index contributed by atoms with van der Waals surface area (Å²) in [7, 11) is -3.90. The molecule has 1 aromatic carbocycles. The molecule has 1 N–H and O–H groups in total. The zero-order valence-corrected chi connectivity index (χ0v) is 16.4. The Morgan fingerprint density at radius 1 is 1.27 bits per heavy atom. The molecule has 0 aliphatic carbocycles. The van der Waals surface area contributed by atoms with Crippen LogP contribution >= 0.6 is 0 Å². The Labute approximate surface area is 154 Å². The van der Waals surface area contributed by atoms with Crippen molar-refractivity contribution < 1.29 is 22.7 Å². The summed E-state index contributed by atoms with van der Waals surface area (Å²) in [6.07, 6.45) is -0.307. The molecule has 26 heavy (non-hydrogen) atoms. The van der Waals surface area contributed by atoms with Gasteiger partial charge in [0, 0.05) is 13.1 Å². The van der Waals surface area contributed by atoms with E-state index in [2.05, 4.69) is 5.32 Å². The number of hydrogen-bond donors (Lipinski definition) is 1. The second-order valence-corrected chi connectivity index (χ2v) is 9.10. The van der Waals surface area contributed by atoms with Crippen LogP contribution in [0.4, 0.5) is 0 Å². The topological polar surface area (TPSA) is 92.8 Å². The lowest BCUT2D eigenvalue weighted by molar-refractivity contribution is -0.146. The molecule has 1 fully saturated rings. The fourth-order valence-corrected chi connectivity index (χ4v) is 4.40. The van der Waals surface area contributed by atoms with Gasteiger partial charge in [-0.1, -0.05) is 32.9 Å². The van der Waals surface area contributed by atoms with Crippen LogP contribution in [0.15, 0.2) is 29.2 Å². The fourth-order valence-electron chi connectivity index (χ4n) is 2.82. The van der Waals surface area contributed by atoms with Crippen molar-refractivity contribution in [1.82, 2.24) is 9.62 Å². The van der Waals surface area contributed by atoms with Crippen molar-refractivity contribution in [3.05, 3.63) is 29.8 Å². The van der Waals surface area contributed by atoms with E-state index in [4.69, 9.17) is 4.74 Å². The molecule has 1 aromatic rings. The molecule has 0 saturated carbocycles. The van der Waals surface area contributed by atoms with E-state index in [1.807, 2.05) is 20.8 Å². The van der Waals surface area contributed by atoms with E-state index < -0.39 is 27.9 Å². The molecule has 1 amide bonds. The Kier molecular flexibility index (Phi) is 6.08. The Morgan fingerprint density at radius 2 is 1.88 bits per heavy atom. The molecule has 8 heteroatoms. The molecule has 0 radical (unpaired) electrons. The number of nitrogens with zero attached hydrogens (tertiary/aromatic N) is 1. The standard InChI is InChI=1S/C18H26N2O5S/c1-5-25-16(21)12-15-17(22)19-10-11-20(15)26(23,24)14-8-6-13(7-9-14)18(2,3)4/h6-9,15H,5,10-12H2,1-4H3,(H,19,22)/t15-/m0/s1. The van der Waals surface area contributed by atoms with E-state index in [0.717, 1.165) is 9.87 Å². The maximum absolute atomic E-state index is 13.0. The summed E-state index contributed by atoms with van der Waals surface area (Å²) in [5.74, 6) is -1.09. The zero-order chi connectivity index (χ0) is 19.5. The number of rotatable bonds is 5. The summed E-state index contributed by atoms with van der Waals surface area (Å²) in [5, 5.41) is 2.61. The monoisotopic (exact) mass is 382 g/mol. The average molecular weight is 382 g/mol. The van der Waals surface area contributed by atoms with Gasteiger partial charge >= 0.3 is 5.97 Å². The summed E-state index contributed by atoms with van der Waals surface area (Å²) in [6, 6.07) is 5.54. The SMILES string of the molecule is CCOC(=O)C[C@H]1C(=O)NCCN1S(=O)(=O)c1ccc(C(C)(C)C)cc1. The van der Waals surface area contributed by atoms with E-state index in [9.17, 15) is 18.0 Å². The van der Waals surface area contributed by atoms with Crippen LogP contribution in [0.5, 0.6) is 0 Å². The van der Waals surface area contributed by atoms with Gasteiger partial charge < -0.3 is 10.1 Å². The lowest BCUT2D eigenvalue weighted by Gasteiger charge is -2.33. The summed E-state index contributed by atoms with van der Waals surface area (Å²) in [6.45, 7) is 8.28. The summed E-state index contributed by atoms with van der Waals surface area (Å²) in [5.41, 5.74) is 0.913. The van der Waals surface area contributed by atoms with Crippen LogP contribution in [0.1, 0.15) is 39.7 Å². The number of carbonyl (C=O) groups is 2. The smallest absolute Gasteiger partial charge is 0.307 e. The molecule has 0 unspecified atom stereocenters. The largest absolute Gasteiger partial charge is 0.466 e. The quantitative estimate of drug-likeness (QED) is 0.778. The van der Waals surface area contributed by atoms with E-state index in [1.165, 1.54) is 0 Å². The van der Waals surface area contributed by atoms with E-state index in [1.54, 1.807) is 31.2 Å². The number of benzene rings is 1. The Balaban J connectivity index is 2.32. The minimum atomic E-state index is -3.90. The molecular weight excluding hydrogens is 356 g/mol. The molecule has 0 aromatic heterocycles. The molecule has 1 heterocycles.